The van der Waals surface area contributed by atoms with Crippen LogP contribution in [0, 0.1) is 0 Å². The Morgan fingerprint density at radius 3 is 1.21 bits per heavy atom. The second kappa shape index (κ2) is 7.37. The SMILES string of the molecule is Oc1ccc(CCc2ccc(O)c3c2C[C@H](O)[C@H](O)C3)c2c1C[C@@H](O)[C@@H](O)C2. The molecule has 0 radical (unpaired) electrons. The molecule has 0 spiro atoms. The first-order valence-corrected chi connectivity index (χ1v) is 9.72. The van der Waals surface area contributed by atoms with Gasteiger partial charge in [-0.2, -0.15) is 0 Å². The van der Waals surface area contributed by atoms with E-state index < -0.39 is 24.4 Å². The number of rotatable bonds is 3. The largest absolute Gasteiger partial charge is 0.508 e. The van der Waals surface area contributed by atoms with Crippen LogP contribution in [0.5, 0.6) is 11.5 Å². The van der Waals surface area contributed by atoms with E-state index in [-0.39, 0.29) is 24.3 Å². The minimum absolute atomic E-state index is 0.142. The van der Waals surface area contributed by atoms with E-state index in [0.29, 0.717) is 36.8 Å². The van der Waals surface area contributed by atoms with Crippen molar-refractivity contribution in [3.8, 4) is 11.5 Å². The van der Waals surface area contributed by atoms with Crippen LogP contribution < -0.4 is 0 Å². The lowest BCUT2D eigenvalue weighted by atomic mass is 9.81. The molecule has 0 saturated heterocycles. The van der Waals surface area contributed by atoms with Gasteiger partial charge in [-0.05, 0) is 47.2 Å². The zero-order valence-corrected chi connectivity index (χ0v) is 15.5. The first-order valence-electron chi connectivity index (χ1n) is 9.72. The molecular weight excluding hydrogens is 360 g/mol. The zero-order valence-electron chi connectivity index (χ0n) is 15.5. The van der Waals surface area contributed by atoms with Crippen molar-refractivity contribution < 1.29 is 30.6 Å². The third kappa shape index (κ3) is 3.37. The average molecular weight is 386 g/mol. The van der Waals surface area contributed by atoms with Crippen molar-refractivity contribution in [3.05, 3.63) is 57.6 Å². The van der Waals surface area contributed by atoms with Crippen molar-refractivity contribution in [3.63, 3.8) is 0 Å². The summed E-state index contributed by atoms with van der Waals surface area (Å²) in [5.41, 5.74) is 5.19. The summed E-state index contributed by atoms with van der Waals surface area (Å²) in [7, 11) is 0. The summed E-state index contributed by atoms with van der Waals surface area (Å²) in [5, 5.41) is 60.2. The van der Waals surface area contributed by atoms with Crippen molar-refractivity contribution in [2.45, 2.75) is 62.9 Å². The molecule has 2 aliphatic carbocycles. The molecule has 4 atom stereocenters. The molecule has 0 aromatic heterocycles. The Bertz CT molecular complexity index is 820. The molecule has 0 saturated carbocycles. The van der Waals surface area contributed by atoms with Crippen LogP contribution in [0.4, 0.5) is 0 Å². The third-order valence-electron chi connectivity index (χ3n) is 6.21. The minimum Gasteiger partial charge on any atom is -0.508 e. The monoisotopic (exact) mass is 386 g/mol. The van der Waals surface area contributed by atoms with Gasteiger partial charge in [0.25, 0.3) is 0 Å². The number of benzene rings is 2. The van der Waals surface area contributed by atoms with Gasteiger partial charge >= 0.3 is 0 Å². The molecule has 2 aliphatic rings. The molecule has 0 heterocycles. The minimum atomic E-state index is -0.870. The number of hydrogen-bond acceptors (Lipinski definition) is 6. The Hall–Kier alpha value is -2.12. The van der Waals surface area contributed by atoms with Gasteiger partial charge in [-0.1, -0.05) is 12.1 Å². The number of phenolic OH excluding ortho intramolecular Hbond substituents is 2. The van der Waals surface area contributed by atoms with E-state index in [4.69, 9.17) is 0 Å². The molecule has 2 aromatic rings. The van der Waals surface area contributed by atoms with Crippen molar-refractivity contribution in [2.75, 3.05) is 0 Å². The molecule has 6 heteroatoms. The third-order valence-corrected chi connectivity index (χ3v) is 6.21. The highest BCUT2D eigenvalue weighted by Gasteiger charge is 2.30. The van der Waals surface area contributed by atoms with Gasteiger partial charge in [0.1, 0.15) is 11.5 Å². The normalized spacial score (nSPS) is 26.6. The van der Waals surface area contributed by atoms with Crippen LogP contribution in [0.15, 0.2) is 24.3 Å². The maximum Gasteiger partial charge on any atom is 0.119 e. The molecule has 4 rings (SSSR count). The molecule has 0 unspecified atom stereocenters. The summed E-state index contributed by atoms with van der Waals surface area (Å²) >= 11 is 0. The molecule has 0 fully saturated rings. The van der Waals surface area contributed by atoms with E-state index in [1.165, 1.54) is 0 Å². The van der Waals surface area contributed by atoms with Crippen LogP contribution in [0.2, 0.25) is 0 Å². The van der Waals surface area contributed by atoms with E-state index in [1.54, 1.807) is 12.1 Å². The van der Waals surface area contributed by atoms with Crippen LogP contribution in [0.1, 0.15) is 33.4 Å². The van der Waals surface area contributed by atoms with Gasteiger partial charge in [-0.25, -0.2) is 0 Å². The van der Waals surface area contributed by atoms with Crippen LogP contribution in [-0.4, -0.2) is 55.1 Å². The average Bonchev–Trinajstić information content (AvgIpc) is 2.66. The van der Waals surface area contributed by atoms with Crippen molar-refractivity contribution in [1.29, 1.82) is 0 Å². The van der Waals surface area contributed by atoms with E-state index in [2.05, 4.69) is 0 Å². The van der Waals surface area contributed by atoms with Crippen molar-refractivity contribution in [2.24, 2.45) is 0 Å². The maximum atomic E-state index is 10.1. The van der Waals surface area contributed by atoms with Gasteiger partial charge < -0.3 is 30.6 Å². The standard InChI is InChI=1S/C22H26O6/c23-17-5-3-11(13-7-19(25)21(27)9-15(13)17)1-2-12-4-6-18(24)16-10-22(28)20(26)8-14(12)16/h3-6,19-28H,1-2,7-10H2/t19-,20-,21+,22+/m0/s1. The van der Waals surface area contributed by atoms with Crippen LogP contribution in [0.3, 0.4) is 0 Å². The van der Waals surface area contributed by atoms with Crippen LogP contribution in [-0.2, 0) is 38.5 Å². The van der Waals surface area contributed by atoms with E-state index in [0.717, 1.165) is 22.3 Å². The predicted molar refractivity (Wildman–Crippen MR) is 102 cm³/mol. The fraction of sp³-hybridized carbons (Fsp3) is 0.455. The van der Waals surface area contributed by atoms with Crippen molar-refractivity contribution in [1.82, 2.24) is 0 Å². The lowest BCUT2D eigenvalue weighted by Crippen LogP contribution is -2.35. The highest BCUT2D eigenvalue weighted by molar-refractivity contribution is 5.49. The number of aromatic hydroxyl groups is 2. The van der Waals surface area contributed by atoms with Gasteiger partial charge in [0.05, 0.1) is 24.4 Å². The van der Waals surface area contributed by atoms with Gasteiger partial charge in [-0.15, -0.1) is 0 Å². The first-order chi connectivity index (χ1) is 13.3. The molecular formula is C22H26O6. The van der Waals surface area contributed by atoms with Crippen molar-refractivity contribution >= 4 is 0 Å². The summed E-state index contributed by atoms with van der Waals surface area (Å²) in [6, 6.07) is 6.96. The summed E-state index contributed by atoms with van der Waals surface area (Å²) < 4.78 is 0. The molecule has 0 bridgehead atoms. The molecule has 2 aromatic carbocycles. The number of fused-ring (bicyclic) bond motifs is 2. The lowest BCUT2D eigenvalue weighted by Gasteiger charge is -2.29. The smallest absolute Gasteiger partial charge is 0.119 e. The molecule has 6 nitrogen and oxygen atoms in total. The van der Waals surface area contributed by atoms with E-state index in [1.807, 2.05) is 12.1 Å². The first kappa shape index (κ1) is 19.2. The van der Waals surface area contributed by atoms with Crippen LogP contribution >= 0.6 is 0 Å². The predicted octanol–water partition coefficient (Wildman–Crippen LogP) is 0.524. The molecule has 28 heavy (non-hydrogen) atoms. The number of hydrogen-bond donors (Lipinski definition) is 6. The van der Waals surface area contributed by atoms with Crippen LogP contribution in [0.25, 0.3) is 0 Å². The Morgan fingerprint density at radius 2 is 0.857 bits per heavy atom. The Kier molecular flexibility index (Phi) is 5.05. The fourth-order valence-corrected chi connectivity index (χ4v) is 4.54. The lowest BCUT2D eigenvalue weighted by molar-refractivity contribution is 0.0134. The molecule has 0 amide bonds. The maximum absolute atomic E-state index is 10.1. The number of aliphatic hydroxyl groups excluding tert-OH is 4. The number of phenols is 2. The van der Waals surface area contributed by atoms with Gasteiger partial charge in [0.2, 0.25) is 0 Å². The highest BCUT2D eigenvalue weighted by Crippen LogP contribution is 2.35. The second-order valence-corrected chi connectivity index (χ2v) is 7.99. The van der Waals surface area contributed by atoms with Gasteiger partial charge in [-0.3, -0.25) is 0 Å². The molecule has 0 aliphatic heterocycles. The quantitative estimate of drug-likeness (QED) is 0.458. The Morgan fingerprint density at radius 1 is 0.536 bits per heavy atom. The topological polar surface area (TPSA) is 121 Å². The molecule has 6 N–H and O–H groups in total. The number of aryl methyl sites for hydroxylation is 2. The van der Waals surface area contributed by atoms with E-state index >= 15 is 0 Å². The van der Waals surface area contributed by atoms with Gasteiger partial charge in [0, 0.05) is 36.8 Å². The summed E-state index contributed by atoms with van der Waals surface area (Å²) in [6.07, 6.45) is -1.02. The number of aliphatic hydroxyl groups is 4. The Balaban J connectivity index is 1.62. The summed E-state index contributed by atoms with van der Waals surface area (Å²) in [5.74, 6) is 0.285. The summed E-state index contributed by atoms with van der Waals surface area (Å²) in [6.45, 7) is 0. The molecule has 150 valence electrons. The van der Waals surface area contributed by atoms with Gasteiger partial charge in [0.15, 0.2) is 0 Å². The Labute approximate surface area is 163 Å². The highest BCUT2D eigenvalue weighted by atomic mass is 16.3. The summed E-state index contributed by atoms with van der Waals surface area (Å²) in [4.78, 5) is 0. The second-order valence-electron chi connectivity index (χ2n) is 7.99. The zero-order chi connectivity index (χ0) is 20.0. The fourth-order valence-electron chi connectivity index (χ4n) is 4.54. The van der Waals surface area contributed by atoms with E-state index in [9.17, 15) is 30.6 Å².